The molecule has 1 aromatic rings. The molecule has 0 saturated heterocycles. The van der Waals surface area contributed by atoms with Crippen LogP contribution in [0, 0.1) is 0 Å². The molecule has 0 bridgehead atoms. The van der Waals surface area contributed by atoms with Crippen LogP contribution in [0.25, 0.3) is 0 Å². The van der Waals surface area contributed by atoms with Crippen molar-refractivity contribution in [1.82, 2.24) is 0 Å². The second-order valence-electron chi connectivity index (χ2n) is 1.87. The maximum absolute atomic E-state index is 4.13. The van der Waals surface area contributed by atoms with E-state index in [4.69, 9.17) is 0 Å². The Hall–Kier alpha value is -0.830. The average molecular weight is 136 g/mol. The molecule has 9 heavy (non-hydrogen) atoms. The van der Waals surface area contributed by atoms with Crippen LogP contribution in [0.4, 0.5) is 11.4 Å². The van der Waals surface area contributed by atoms with E-state index in [0.717, 1.165) is 16.3 Å². The van der Waals surface area contributed by atoms with Crippen molar-refractivity contribution in [3.63, 3.8) is 0 Å². The van der Waals surface area contributed by atoms with Crippen molar-refractivity contribution in [1.29, 1.82) is 0 Å². The summed E-state index contributed by atoms with van der Waals surface area (Å²) in [5, 5.41) is 7.53. The molecule has 44 valence electrons. The Morgan fingerprint density at radius 1 is 1.11 bits per heavy atom. The van der Waals surface area contributed by atoms with Gasteiger partial charge in [-0.15, -0.1) is 22.9 Å². The molecule has 1 heterocycles. The molecule has 1 aliphatic heterocycles. The molecule has 3 heteroatoms. The van der Waals surface area contributed by atoms with E-state index < -0.39 is 0 Å². The third-order valence-electron chi connectivity index (χ3n) is 1.22. The van der Waals surface area contributed by atoms with Crippen molar-refractivity contribution in [2.75, 3.05) is 0 Å². The van der Waals surface area contributed by atoms with Gasteiger partial charge in [0.15, 0.2) is 0 Å². The summed E-state index contributed by atoms with van der Waals surface area (Å²) < 4.78 is 0. The fourth-order valence-corrected chi connectivity index (χ4v) is 0.936. The van der Waals surface area contributed by atoms with Crippen LogP contribution in [-0.2, 0) is 0 Å². The number of benzene rings is 1. The Morgan fingerprint density at radius 3 is 2.33 bits per heavy atom. The molecule has 0 saturated carbocycles. The third-order valence-corrected chi connectivity index (χ3v) is 1.50. The quantitative estimate of drug-likeness (QED) is 0.538. The van der Waals surface area contributed by atoms with Crippen molar-refractivity contribution < 1.29 is 0 Å². The highest BCUT2D eigenvalue weighted by molar-refractivity contribution is 7.80. The maximum Gasteiger partial charge on any atom is 0.114 e. The van der Waals surface area contributed by atoms with Crippen LogP contribution in [0.1, 0.15) is 0 Å². The first-order chi connectivity index (χ1) is 4.36. The molecule has 0 atom stereocenters. The number of rotatable bonds is 0. The van der Waals surface area contributed by atoms with Crippen molar-refractivity contribution in [3.05, 3.63) is 18.2 Å². The molecule has 0 spiro atoms. The van der Waals surface area contributed by atoms with Crippen molar-refractivity contribution in [3.8, 4) is 0 Å². The summed E-state index contributed by atoms with van der Waals surface area (Å²) in [6.07, 6.45) is 0. The first-order valence-corrected chi connectivity index (χ1v) is 3.06. The van der Waals surface area contributed by atoms with E-state index in [2.05, 4.69) is 22.9 Å². The molecule has 0 N–H and O–H groups in total. The fourth-order valence-electron chi connectivity index (χ4n) is 0.739. The molecule has 0 unspecified atom stereocenters. The van der Waals surface area contributed by atoms with E-state index in [-0.39, 0.29) is 0 Å². The van der Waals surface area contributed by atoms with Gasteiger partial charge in [0, 0.05) is 4.90 Å². The predicted octanol–water partition coefficient (Wildman–Crippen LogP) is 2.70. The monoisotopic (exact) mass is 136 g/mol. The smallest absolute Gasteiger partial charge is 0.114 e. The second kappa shape index (κ2) is 1.57. The molecule has 1 aromatic carbocycles. The number of azo groups is 1. The van der Waals surface area contributed by atoms with Gasteiger partial charge in [-0.3, -0.25) is 0 Å². The highest BCUT2D eigenvalue weighted by atomic mass is 32.1. The largest absolute Gasteiger partial charge is 0.148 e. The fraction of sp³-hybridized carbons (Fsp3) is 0. The summed E-state index contributed by atoms with van der Waals surface area (Å²) in [6, 6.07) is 5.70. The van der Waals surface area contributed by atoms with E-state index in [1.54, 1.807) is 0 Å². The summed E-state index contributed by atoms with van der Waals surface area (Å²) in [7, 11) is 0. The maximum atomic E-state index is 4.13. The van der Waals surface area contributed by atoms with Crippen LogP contribution in [-0.4, -0.2) is 0 Å². The average Bonchev–Trinajstić information content (AvgIpc) is 1.78. The minimum atomic E-state index is 0.937. The van der Waals surface area contributed by atoms with E-state index in [1.807, 2.05) is 18.2 Å². The third kappa shape index (κ3) is 0.650. The lowest BCUT2D eigenvalue weighted by molar-refractivity contribution is 1.13. The van der Waals surface area contributed by atoms with Crippen molar-refractivity contribution in [2.45, 2.75) is 4.90 Å². The van der Waals surface area contributed by atoms with Crippen LogP contribution in [0.15, 0.2) is 33.3 Å². The zero-order chi connectivity index (χ0) is 6.27. The standard InChI is InChI=1S/C6H4N2S/c9-4-1-2-5-6(3-4)8-7-5/h1-3,9H. The second-order valence-corrected chi connectivity index (χ2v) is 2.39. The lowest BCUT2D eigenvalue weighted by atomic mass is 10.2. The molecule has 0 fully saturated rings. The Kier molecular flexibility index (Phi) is 0.873. The van der Waals surface area contributed by atoms with Crippen LogP contribution in [0.2, 0.25) is 0 Å². The number of thiol groups is 1. The summed E-state index contributed by atoms with van der Waals surface area (Å²) in [5.74, 6) is 0. The summed E-state index contributed by atoms with van der Waals surface area (Å²) >= 11 is 4.13. The minimum Gasteiger partial charge on any atom is -0.148 e. The van der Waals surface area contributed by atoms with E-state index in [0.29, 0.717) is 0 Å². The molecule has 2 nitrogen and oxygen atoms in total. The highest BCUT2D eigenvalue weighted by Gasteiger charge is 2.07. The zero-order valence-corrected chi connectivity index (χ0v) is 5.47. The van der Waals surface area contributed by atoms with Crippen molar-refractivity contribution in [2.24, 2.45) is 10.2 Å². The van der Waals surface area contributed by atoms with Gasteiger partial charge in [-0.2, -0.15) is 0 Å². The first-order valence-electron chi connectivity index (χ1n) is 2.61. The van der Waals surface area contributed by atoms with Gasteiger partial charge in [0.2, 0.25) is 0 Å². The minimum absolute atomic E-state index is 0.937. The summed E-state index contributed by atoms with van der Waals surface area (Å²) in [5.41, 5.74) is 1.91. The first kappa shape index (κ1) is 4.99. The number of nitrogens with zero attached hydrogens (tertiary/aromatic N) is 2. The highest BCUT2D eigenvalue weighted by Crippen LogP contribution is 2.38. The van der Waals surface area contributed by atoms with Gasteiger partial charge in [-0.05, 0) is 18.2 Å². The van der Waals surface area contributed by atoms with Gasteiger partial charge in [-0.1, -0.05) is 0 Å². The van der Waals surface area contributed by atoms with E-state index in [9.17, 15) is 0 Å². The van der Waals surface area contributed by atoms with Crippen molar-refractivity contribution >= 4 is 24.0 Å². The van der Waals surface area contributed by atoms with Gasteiger partial charge in [0.05, 0.1) is 0 Å². The summed E-state index contributed by atoms with van der Waals surface area (Å²) in [6.45, 7) is 0. The molecule has 0 aliphatic carbocycles. The molecule has 0 amide bonds. The SMILES string of the molecule is Sc1ccc2c(c1)N=N2. The van der Waals surface area contributed by atoms with Gasteiger partial charge in [-0.25, -0.2) is 0 Å². The number of hydrogen-bond acceptors (Lipinski definition) is 3. The molecule has 2 rings (SSSR count). The van der Waals surface area contributed by atoms with Crippen LogP contribution < -0.4 is 0 Å². The van der Waals surface area contributed by atoms with Crippen LogP contribution in [0.5, 0.6) is 0 Å². The molecular formula is C6H4N2S. The van der Waals surface area contributed by atoms with Gasteiger partial charge < -0.3 is 0 Å². The van der Waals surface area contributed by atoms with Crippen LogP contribution >= 0.6 is 12.6 Å². The number of hydrogen-bond donors (Lipinski definition) is 1. The van der Waals surface area contributed by atoms with Gasteiger partial charge in [0.25, 0.3) is 0 Å². The molecule has 0 radical (unpaired) electrons. The van der Waals surface area contributed by atoms with E-state index >= 15 is 0 Å². The Labute approximate surface area is 58.0 Å². The topological polar surface area (TPSA) is 24.7 Å². The molecule has 0 aromatic heterocycles. The lowest BCUT2D eigenvalue weighted by Crippen LogP contribution is -1.75. The van der Waals surface area contributed by atoms with Gasteiger partial charge >= 0.3 is 0 Å². The Balaban J connectivity index is 2.63. The molecule has 1 aliphatic rings. The molecular weight excluding hydrogens is 132 g/mol. The lowest BCUT2D eigenvalue weighted by Gasteiger charge is -2.05. The van der Waals surface area contributed by atoms with Crippen LogP contribution in [0.3, 0.4) is 0 Å². The number of fused-ring (bicyclic) bond motifs is 1. The van der Waals surface area contributed by atoms with Gasteiger partial charge in [0.1, 0.15) is 11.4 Å². The Morgan fingerprint density at radius 2 is 1.89 bits per heavy atom. The zero-order valence-electron chi connectivity index (χ0n) is 4.57. The normalized spacial score (nSPS) is 12.6. The predicted molar refractivity (Wildman–Crippen MR) is 37.9 cm³/mol. The van der Waals surface area contributed by atoms with E-state index in [1.165, 1.54) is 0 Å². The summed E-state index contributed by atoms with van der Waals surface area (Å²) in [4.78, 5) is 0.937. The Bertz CT molecular complexity index is 280.